The van der Waals surface area contributed by atoms with Gasteiger partial charge in [-0.25, -0.2) is 4.79 Å². The predicted molar refractivity (Wildman–Crippen MR) is 83.2 cm³/mol. The number of rotatable bonds is 5. The van der Waals surface area contributed by atoms with Crippen LogP contribution in [0, 0.1) is 6.92 Å². The number of aliphatic hydroxyl groups is 1. The molecule has 1 saturated carbocycles. The van der Waals surface area contributed by atoms with Crippen molar-refractivity contribution in [3.05, 3.63) is 23.8 Å². The van der Waals surface area contributed by atoms with Crippen LogP contribution in [0.4, 0.5) is 23.7 Å². The third-order valence-corrected chi connectivity index (χ3v) is 4.02. The summed E-state index contributed by atoms with van der Waals surface area (Å²) in [5, 5.41) is 14.7. The van der Waals surface area contributed by atoms with E-state index in [1.165, 1.54) is 12.1 Å². The molecule has 0 spiro atoms. The molecule has 134 valence electrons. The maximum Gasteiger partial charge on any atom is 0.422 e. The van der Waals surface area contributed by atoms with Gasteiger partial charge in [-0.15, -0.1) is 0 Å². The van der Waals surface area contributed by atoms with Gasteiger partial charge in [-0.3, -0.25) is 0 Å². The molecule has 8 heteroatoms. The fourth-order valence-electron chi connectivity index (χ4n) is 2.78. The van der Waals surface area contributed by atoms with Crippen LogP contribution < -0.4 is 15.4 Å². The second-order valence-corrected chi connectivity index (χ2v) is 6.13. The Bertz CT molecular complexity index is 584. The van der Waals surface area contributed by atoms with E-state index in [4.69, 9.17) is 4.74 Å². The number of urea groups is 1. The highest BCUT2D eigenvalue weighted by molar-refractivity contribution is 5.91. The maximum atomic E-state index is 12.4. The third kappa shape index (κ3) is 5.02. The van der Waals surface area contributed by atoms with Gasteiger partial charge in [0.25, 0.3) is 0 Å². The lowest BCUT2D eigenvalue weighted by Gasteiger charge is -2.28. The molecule has 0 atom stereocenters. The molecular weight excluding hydrogens is 325 g/mol. The molecule has 2 amide bonds. The van der Waals surface area contributed by atoms with Gasteiger partial charge in [0, 0.05) is 0 Å². The first-order chi connectivity index (χ1) is 11.2. The molecule has 24 heavy (non-hydrogen) atoms. The number of hydrogen-bond acceptors (Lipinski definition) is 3. The number of aryl methyl sites for hydroxylation is 1. The van der Waals surface area contributed by atoms with Gasteiger partial charge in [-0.05, 0) is 37.5 Å². The van der Waals surface area contributed by atoms with Crippen LogP contribution in [0.1, 0.15) is 31.2 Å². The summed E-state index contributed by atoms with van der Waals surface area (Å²) < 4.78 is 41.8. The quantitative estimate of drug-likeness (QED) is 0.766. The van der Waals surface area contributed by atoms with Crippen molar-refractivity contribution in [3.63, 3.8) is 0 Å². The molecule has 0 radical (unpaired) electrons. The number of carbonyl (C=O) groups excluding carboxylic acids is 1. The van der Waals surface area contributed by atoms with Gasteiger partial charge in [-0.1, -0.05) is 18.9 Å². The zero-order valence-corrected chi connectivity index (χ0v) is 13.4. The standard InChI is InChI=1S/C16H21F3N2O3/c1-11-4-5-12(13(8-11)24-10-16(17,18)19)20-14(23)21-15(9-22)6-2-3-7-15/h4-5,8,22H,2-3,6-7,9-10H2,1H3,(H2,20,21,23). The summed E-state index contributed by atoms with van der Waals surface area (Å²) in [6, 6.07) is 4.00. The second kappa shape index (κ2) is 7.29. The average Bonchev–Trinajstić information content (AvgIpc) is 2.95. The van der Waals surface area contributed by atoms with Gasteiger partial charge >= 0.3 is 12.2 Å². The van der Waals surface area contributed by atoms with Crippen LogP contribution in [-0.2, 0) is 0 Å². The normalized spacial score (nSPS) is 16.7. The SMILES string of the molecule is Cc1ccc(NC(=O)NC2(CO)CCCC2)c(OCC(F)(F)F)c1. The molecule has 1 aromatic carbocycles. The van der Waals surface area contributed by atoms with E-state index in [1.54, 1.807) is 13.0 Å². The van der Waals surface area contributed by atoms with Gasteiger partial charge in [0.2, 0.25) is 0 Å². The molecule has 5 nitrogen and oxygen atoms in total. The van der Waals surface area contributed by atoms with Crippen LogP contribution in [0.25, 0.3) is 0 Å². The molecule has 2 rings (SSSR count). The molecule has 1 fully saturated rings. The Kier molecular flexibility index (Phi) is 5.58. The van der Waals surface area contributed by atoms with Gasteiger partial charge in [0.1, 0.15) is 5.75 Å². The molecular formula is C16H21F3N2O3. The van der Waals surface area contributed by atoms with Crippen molar-refractivity contribution in [1.82, 2.24) is 5.32 Å². The van der Waals surface area contributed by atoms with Crippen molar-refractivity contribution in [3.8, 4) is 5.75 Å². The van der Waals surface area contributed by atoms with Crippen molar-refractivity contribution in [2.45, 2.75) is 44.3 Å². The summed E-state index contributed by atoms with van der Waals surface area (Å²) in [5.41, 5.74) is 0.191. The number of hydrogen-bond donors (Lipinski definition) is 3. The number of nitrogens with one attached hydrogen (secondary N) is 2. The third-order valence-electron chi connectivity index (χ3n) is 4.02. The van der Waals surface area contributed by atoms with Crippen molar-refractivity contribution in [2.24, 2.45) is 0 Å². The fourth-order valence-corrected chi connectivity index (χ4v) is 2.78. The van der Waals surface area contributed by atoms with E-state index in [1.807, 2.05) is 0 Å². The summed E-state index contributed by atoms with van der Waals surface area (Å²) in [6.07, 6.45) is -1.31. The van der Waals surface area contributed by atoms with Crippen molar-refractivity contribution < 1.29 is 27.8 Å². The Morgan fingerprint density at radius 1 is 1.33 bits per heavy atom. The molecule has 0 aromatic heterocycles. The zero-order chi connectivity index (χ0) is 17.8. The molecule has 3 N–H and O–H groups in total. The lowest BCUT2D eigenvalue weighted by atomic mass is 9.99. The van der Waals surface area contributed by atoms with Crippen LogP contribution in [0.5, 0.6) is 5.75 Å². The average molecular weight is 346 g/mol. The number of ether oxygens (including phenoxy) is 1. The maximum absolute atomic E-state index is 12.4. The Morgan fingerprint density at radius 2 is 2.00 bits per heavy atom. The Morgan fingerprint density at radius 3 is 2.58 bits per heavy atom. The highest BCUT2D eigenvalue weighted by Gasteiger charge is 2.35. The molecule has 0 bridgehead atoms. The summed E-state index contributed by atoms with van der Waals surface area (Å²) in [6.45, 7) is 0.0999. The molecule has 1 aromatic rings. The molecule has 0 aliphatic heterocycles. The largest absolute Gasteiger partial charge is 0.482 e. The Hall–Kier alpha value is -1.96. The first kappa shape index (κ1) is 18.4. The number of halogens is 3. The van der Waals surface area contributed by atoms with Crippen molar-refractivity contribution >= 4 is 11.7 Å². The number of aliphatic hydroxyl groups excluding tert-OH is 1. The summed E-state index contributed by atoms with van der Waals surface area (Å²) in [5.74, 6) is -0.0491. The lowest BCUT2D eigenvalue weighted by molar-refractivity contribution is -0.153. The van der Waals surface area contributed by atoms with E-state index in [0.717, 1.165) is 12.8 Å². The van der Waals surface area contributed by atoms with E-state index in [-0.39, 0.29) is 18.0 Å². The summed E-state index contributed by atoms with van der Waals surface area (Å²) in [7, 11) is 0. The predicted octanol–water partition coefficient (Wildman–Crippen LogP) is 3.36. The van der Waals surface area contributed by atoms with E-state index in [9.17, 15) is 23.1 Å². The smallest absolute Gasteiger partial charge is 0.422 e. The minimum Gasteiger partial charge on any atom is -0.482 e. The monoisotopic (exact) mass is 346 g/mol. The van der Waals surface area contributed by atoms with Crippen molar-refractivity contribution in [2.75, 3.05) is 18.5 Å². The Labute approximate surface area is 138 Å². The molecule has 0 heterocycles. The summed E-state index contributed by atoms with van der Waals surface area (Å²) >= 11 is 0. The molecule has 1 aliphatic carbocycles. The minimum absolute atomic E-state index is 0.0491. The number of amides is 2. The number of anilines is 1. The van der Waals surface area contributed by atoms with Crippen LogP contribution in [0.3, 0.4) is 0 Å². The minimum atomic E-state index is -4.46. The first-order valence-electron chi connectivity index (χ1n) is 7.73. The first-order valence-corrected chi connectivity index (χ1v) is 7.73. The highest BCUT2D eigenvalue weighted by Crippen LogP contribution is 2.30. The van der Waals surface area contributed by atoms with Gasteiger partial charge in [0.05, 0.1) is 17.8 Å². The molecule has 0 unspecified atom stereocenters. The fraction of sp³-hybridized carbons (Fsp3) is 0.562. The molecule has 1 aliphatic rings. The van der Waals surface area contributed by atoms with E-state index in [2.05, 4.69) is 10.6 Å². The summed E-state index contributed by atoms with van der Waals surface area (Å²) in [4.78, 5) is 12.2. The number of benzene rings is 1. The van der Waals surface area contributed by atoms with Crippen LogP contribution in [0.15, 0.2) is 18.2 Å². The Balaban J connectivity index is 2.06. The van der Waals surface area contributed by atoms with Gasteiger partial charge < -0.3 is 20.5 Å². The zero-order valence-electron chi connectivity index (χ0n) is 13.4. The van der Waals surface area contributed by atoms with Gasteiger partial charge in [0.15, 0.2) is 6.61 Å². The van der Waals surface area contributed by atoms with E-state index in [0.29, 0.717) is 18.4 Å². The van der Waals surface area contributed by atoms with E-state index >= 15 is 0 Å². The highest BCUT2D eigenvalue weighted by atomic mass is 19.4. The van der Waals surface area contributed by atoms with Crippen molar-refractivity contribution in [1.29, 1.82) is 0 Å². The van der Waals surface area contributed by atoms with E-state index < -0.39 is 24.4 Å². The number of alkyl halides is 3. The van der Waals surface area contributed by atoms with Crippen LogP contribution >= 0.6 is 0 Å². The second-order valence-electron chi connectivity index (χ2n) is 6.13. The lowest BCUT2D eigenvalue weighted by Crippen LogP contribution is -2.50. The van der Waals surface area contributed by atoms with Crippen LogP contribution in [-0.4, -0.2) is 36.1 Å². The molecule has 0 saturated heterocycles. The topological polar surface area (TPSA) is 70.6 Å². The van der Waals surface area contributed by atoms with Gasteiger partial charge in [-0.2, -0.15) is 13.2 Å². The number of carbonyl (C=O) groups is 1. The van der Waals surface area contributed by atoms with Crippen LogP contribution in [0.2, 0.25) is 0 Å².